The van der Waals surface area contributed by atoms with E-state index in [-0.39, 0.29) is 56.0 Å². The third kappa shape index (κ3) is 11.8. The van der Waals surface area contributed by atoms with Crippen molar-refractivity contribution < 1.29 is 51.6 Å². The fourth-order valence-corrected chi connectivity index (χ4v) is 7.16. The second-order valence-electron chi connectivity index (χ2n) is 15.4. The van der Waals surface area contributed by atoms with Crippen LogP contribution in [-0.4, -0.2) is 84.5 Å². The molecule has 3 aliphatic rings. The molecular weight excluding hydrogens is 716 g/mol. The number of halogens is 2. The van der Waals surface area contributed by atoms with Crippen molar-refractivity contribution in [3.05, 3.63) is 71.1 Å². The maximum atomic E-state index is 13.0. The molecule has 0 spiro atoms. The SMILES string of the molecule is CC(C)(CCCOC(=O)C1CCn2c(C(=O)c3ccccc3)ccc21)OCCCOC(C)(C)CCCOC1=NC(=O)NC2OC(=O)C=C(CCCC(F)F)C12. The minimum atomic E-state index is -2.45. The minimum absolute atomic E-state index is 0.0579. The Morgan fingerprint density at radius 1 is 0.927 bits per heavy atom. The molecule has 1 N–H and O–H groups in total. The highest BCUT2D eigenvalue weighted by Gasteiger charge is 2.42. The lowest BCUT2D eigenvalue weighted by Gasteiger charge is -2.35. The van der Waals surface area contributed by atoms with Crippen LogP contribution in [0.5, 0.6) is 0 Å². The highest BCUT2D eigenvalue weighted by Crippen LogP contribution is 2.33. The van der Waals surface area contributed by atoms with Crippen LogP contribution in [0.15, 0.2) is 59.1 Å². The maximum Gasteiger partial charge on any atom is 0.346 e. The molecule has 55 heavy (non-hydrogen) atoms. The number of esters is 2. The molecule has 14 heteroatoms. The smallest absolute Gasteiger partial charge is 0.346 e. The van der Waals surface area contributed by atoms with Crippen molar-refractivity contribution in [2.45, 2.75) is 122 Å². The van der Waals surface area contributed by atoms with Crippen molar-refractivity contribution in [2.24, 2.45) is 10.9 Å². The first kappa shape index (κ1) is 41.7. The van der Waals surface area contributed by atoms with Gasteiger partial charge in [0.2, 0.25) is 18.1 Å². The van der Waals surface area contributed by atoms with E-state index in [0.717, 1.165) is 5.69 Å². The zero-order chi connectivity index (χ0) is 39.6. The zero-order valence-electron chi connectivity index (χ0n) is 32.2. The Morgan fingerprint density at radius 2 is 1.62 bits per heavy atom. The van der Waals surface area contributed by atoms with E-state index in [1.165, 1.54) is 6.08 Å². The summed E-state index contributed by atoms with van der Waals surface area (Å²) in [5, 5.41) is 2.51. The fourth-order valence-electron chi connectivity index (χ4n) is 7.16. The Hall–Kier alpha value is -4.43. The fraction of sp³-hybridized carbons (Fsp3) is 0.585. The average Bonchev–Trinajstić information content (AvgIpc) is 3.74. The molecule has 1 aromatic heterocycles. The van der Waals surface area contributed by atoms with Gasteiger partial charge in [0.05, 0.1) is 36.0 Å². The van der Waals surface area contributed by atoms with Gasteiger partial charge in [0.25, 0.3) is 0 Å². The summed E-state index contributed by atoms with van der Waals surface area (Å²) in [5.74, 6) is -1.91. The lowest BCUT2D eigenvalue weighted by atomic mass is 9.89. The number of hydrogen-bond acceptors (Lipinski definition) is 9. The Kier molecular flexibility index (Phi) is 14.4. The molecule has 5 rings (SSSR count). The van der Waals surface area contributed by atoms with E-state index >= 15 is 0 Å². The Bertz CT molecular complexity index is 1720. The number of aromatic nitrogens is 1. The maximum absolute atomic E-state index is 13.0. The van der Waals surface area contributed by atoms with Crippen molar-refractivity contribution in [1.29, 1.82) is 0 Å². The quantitative estimate of drug-likeness (QED) is 0.0787. The molecule has 1 aromatic carbocycles. The van der Waals surface area contributed by atoms with Gasteiger partial charge in [0.1, 0.15) is 5.92 Å². The molecule has 0 aliphatic carbocycles. The Morgan fingerprint density at radius 3 is 2.31 bits per heavy atom. The van der Waals surface area contributed by atoms with Gasteiger partial charge in [-0.3, -0.25) is 14.9 Å². The van der Waals surface area contributed by atoms with Crippen molar-refractivity contribution in [3.63, 3.8) is 0 Å². The van der Waals surface area contributed by atoms with E-state index in [0.29, 0.717) is 75.1 Å². The summed E-state index contributed by atoms with van der Waals surface area (Å²) in [6, 6.07) is 12.1. The first-order valence-corrected chi connectivity index (χ1v) is 19.2. The van der Waals surface area contributed by atoms with E-state index in [9.17, 15) is 28.0 Å². The van der Waals surface area contributed by atoms with E-state index in [1.807, 2.05) is 56.5 Å². The first-order chi connectivity index (χ1) is 26.2. The standard InChI is InChI=1S/C41H53F2N3O9/c1-40(2,19-9-22-51-36-34-28(14-8-15-32(42)43)26-33(47)55-37(34)45-39(50)44-36)53-24-11-25-54-41(3,4)20-10-23-52-38(49)29-18-21-46-30(29)16-17-31(46)35(48)27-12-6-5-7-13-27/h5-7,12-13,16-17,26,29,32,34,37H,8-11,14-15,18-25H2,1-4H3,(H,45,50). The van der Waals surface area contributed by atoms with Crippen LogP contribution in [-0.2, 0) is 39.8 Å². The number of ketones is 1. The van der Waals surface area contributed by atoms with Crippen LogP contribution in [0.2, 0.25) is 0 Å². The van der Waals surface area contributed by atoms with E-state index in [4.69, 9.17) is 23.7 Å². The van der Waals surface area contributed by atoms with Crippen LogP contribution in [0, 0.1) is 5.92 Å². The number of alkyl halides is 2. The van der Waals surface area contributed by atoms with Crippen molar-refractivity contribution in [2.75, 3.05) is 26.4 Å². The number of amides is 2. The van der Waals surface area contributed by atoms with Crippen molar-refractivity contribution >= 4 is 29.7 Å². The molecule has 0 saturated carbocycles. The lowest BCUT2D eigenvalue weighted by Crippen LogP contribution is -2.52. The van der Waals surface area contributed by atoms with E-state index < -0.39 is 41.8 Å². The number of nitrogens with zero attached hydrogens (tertiary/aromatic N) is 2. The number of carbonyl (C=O) groups excluding carboxylic acids is 4. The van der Waals surface area contributed by atoms with Crippen LogP contribution >= 0.6 is 0 Å². The summed E-state index contributed by atoms with van der Waals surface area (Å²) in [6.07, 6.45) is 1.81. The largest absolute Gasteiger partial charge is 0.480 e. The second-order valence-corrected chi connectivity index (χ2v) is 15.4. The van der Waals surface area contributed by atoms with Crippen LogP contribution in [0.3, 0.4) is 0 Å². The summed E-state index contributed by atoms with van der Waals surface area (Å²) in [4.78, 5) is 54.1. The third-order valence-corrected chi connectivity index (χ3v) is 10.1. The second kappa shape index (κ2) is 18.9. The van der Waals surface area contributed by atoms with Crippen LogP contribution in [0.1, 0.15) is 113 Å². The van der Waals surface area contributed by atoms with Gasteiger partial charge in [-0.1, -0.05) is 30.3 Å². The normalized spacial score (nSPS) is 19.6. The summed E-state index contributed by atoms with van der Waals surface area (Å²) < 4.78 is 56.5. The molecule has 0 bridgehead atoms. The minimum Gasteiger partial charge on any atom is -0.480 e. The molecule has 2 amide bonds. The molecule has 3 atom stereocenters. The molecule has 0 saturated heterocycles. The molecule has 300 valence electrons. The van der Waals surface area contributed by atoms with Gasteiger partial charge in [-0.05, 0) is 96.8 Å². The first-order valence-electron chi connectivity index (χ1n) is 19.2. The molecule has 4 heterocycles. The highest BCUT2D eigenvalue weighted by atomic mass is 19.3. The number of hydrogen-bond donors (Lipinski definition) is 1. The predicted octanol–water partition coefficient (Wildman–Crippen LogP) is 7.29. The Balaban J connectivity index is 0.951. The van der Waals surface area contributed by atoms with Gasteiger partial charge in [-0.2, -0.15) is 4.99 Å². The van der Waals surface area contributed by atoms with Gasteiger partial charge >= 0.3 is 18.0 Å². The molecular formula is C41H53F2N3O9. The van der Waals surface area contributed by atoms with Crippen molar-refractivity contribution in [3.8, 4) is 0 Å². The molecule has 12 nitrogen and oxygen atoms in total. The number of benzene rings is 1. The summed E-state index contributed by atoms with van der Waals surface area (Å²) in [5.41, 5.74) is 1.69. The zero-order valence-corrected chi connectivity index (χ0v) is 32.2. The number of urea groups is 1. The molecule has 0 radical (unpaired) electrons. The predicted molar refractivity (Wildman–Crippen MR) is 199 cm³/mol. The van der Waals surface area contributed by atoms with Gasteiger partial charge in [-0.15, -0.1) is 0 Å². The van der Waals surface area contributed by atoms with Crippen LogP contribution in [0.25, 0.3) is 0 Å². The van der Waals surface area contributed by atoms with Gasteiger partial charge in [-0.25, -0.2) is 18.4 Å². The topological polar surface area (TPSA) is 144 Å². The van der Waals surface area contributed by atoms with E-state index in [2.05, 4.69) is 10.3 Å². The van der Waals surface area contributed by atoms with Gasteiger partial charge in [0, 0.05) is 43.5 Å². The number of rotatable bonds is 21. The molecule has 2 aromatic rings. The van der Waals surface area contributed by atoms with E-state index in [1.54, 1.807) is 18.2 Å². The number of aliphatic imine (C=N–C) groups is 1. The molecule has 3 unspecified atom stereocenters. The molecule has 0 fully saturated rings. The lowest BCUT2D eigenvalue weighted by molar-refractivity contribution is -0.147. The number of nitrogens with one attached hydrogen (secondary N) is 1. The van der Waals surface area contributed by atoms with Crippen molar-refractivity contribution in [1.82, 2.24) is 9.88 Å². The summed E-state index contributed by atoms with van der Waals surface area (Å²) >= 11 is 0. The summed E-state index contributed by atoms with van der Waals surface area (Å²) in [6.45, 7) is 10.1. The van der Waals surface area contributed by atoms with Gasteiger partial charge < -0.3 is 28.3 Å². The Labute approximate surface area is 321 Å². The molecule has 3 aliphatic heterocycles. The highest BCUT2D eigenvalue weighted by molar-refractivity contribution is 6.08. The summed E-state index contributed by atoms with van der Waals surface area (Å²) in [7, 11) is 0. The average molecular weight is 770 g/mol. The van der Waals surface area contributed by atoms with Gasteiger partial charge in [0.15, 0.2) is 6.23 Å². The van der Waals surface area contributed by atoms with Crippen LogP contribution < -0.4 is 5.32 Å². The number of ether oxygens (including phenoxy) is 5. The number of carbonyl (C=O) groups is 4. The van der Waals surface area contributed by atoms with Crippen LogP contribution in [0.4, 0.5) is 13.6 Å². The number of fused-ring (bicyclic) bond motifs is 2. The third-order valence-electron chi connectivity index (χ3n) is 10.1. The monoisotopic (exact) mass is 769 g/mol.